The van der Waals surface area contributed by atoms with E-state index in [2.05, 4.69) is 50.4 Å². The first-order valence-corrected chi connectivity index (χ1v) is 33.6. The van der Waals surface area contributed by atoms with Crippen LogP contribution in [-0.2, 0) is 23.8 Å². The van der Waals surface area contributed by atoms with E-state index in [4.69, 9.17) is 14.2 Å². The summed E-state index contributed by atoms with van der Waals surface area (Å²) in [4.78, 5) is 26.6. The fourth-order valence-corrected chi connectivity index (χ4v) is 10.4. The molecule has 0 saturated carbocycles. The van der Waals surface area contributed by atoms with Gasteiger partial charge in [-0.2, -0.15) is 0 Å². The van der Waals surface area contributed by atoms with Crippen LogP contribution >= 0.6 is 0 Å². The lowest BCUT2D eigenvalue weighted by Crippen LogP contribution is -2.61. The van der Waals surface area contributed by atoms with Crippen molar-refractivity contribution in [3.8, 4) is 0 Å². The van der Waals surface area contributed by atoms with E-state index in [1.165, 1.54) is 186 Å². The van der Waals surface area contributed by atoms with Crippen molar-refractivity contribution in [3.05, 3.63) is 60.8 Å². The van der Waals surface area contributed by atoms with Crippen LogP contribution in [0.1, 0.15) is 303 Å². The fourth-order valence-electron chi connectivity index (χ4n) is 10.4. The number of hydrogen-bond acceptors (Lipinski definition) is 10. The highest BCUT2D eigenvalue weighted by Crippen LogP contribution is 2.26. The van der Waals surface area contributed by atoms with Crippen LogP contribution in [-0.4, -0.2) is 99.6 Å². The molecular weight excluding hydrogens is 1000 g/mol. The summed E-state index contributed by atoms with van der Waals surface area (Å²) in [6, 6.07) is -1.03. The molecule has 1 fully saturated rings. The van der Waals surface area contributed by atoms with Gasteiger partial charge in [-0.3, -0.25) is 9.59 Å². The Balaban J connectivity index is 2.53. The van der Waals surface area contributed by atoms with E-state index in [1.54, 1.807) is 6.08 Å². The van der Waals surface area contributed by atoms with Crippen molar-refractivity contribution in [1.29, 1.82) is 0 Å². The molecule has 1 rings (SSSR count). The molecular formula is C69H125NO10. The minimum Gasteiger partial charge on any atom is -0.454 e. The summed E-state index contributed by atoms with van der Waals surface area (Å²) in [5.41, 5.74) is 0. The highest BCUT2D eigenvalue weighted by Gasteiger charge is 2.47. The Morgan fingerprint density at radius 2 is 0.912 bits per heavy atom. The average molecular weight is 1130 g/mol. The number of allylic oxidation sites excluding steroid dienone is 9. The van der Waals surface area contributed by atoms with Crippen LogP contribution in [0.2, 0.25) is 0 Å². The van der Waals surface area contributed by atoms with Gasteiger partial charge in [0.25, 0.3) is 0 Å². The van der Waals surface area contributed by atoms with Crippen LogP contribution in [0.3, 0.4) is 0 Å². The zero-order chi connectivity index (χ0) is 58.2. The predicted octanol–water partition coefficient (Wildman–Crippen LogP) is 16.6. The lowest BCUT2D eigenvalue weighted by atomic mass is 9.99. The number of hydrogen-bond donors (Lipinski definition) is 6. The third kappa shape index (κ3) is 44.0. The highest BCUT2D eigenvalue weighted by atomic mass is 16.7. The number of aliphatic hydroxyl groups is 5. The minimum atomic E-state index is -1.62. The Hall–Kier alpha value is -2.64. The predicted molar refractivity (Wildman–Crippen MR) is 333 cm³/mol. The van der Waals surface area contributed by atoms with E-state index < -0.39 is 67.4 Å². The van der Waals surface area contributed by atoms with E-state index in [-0.39, 0.29) is 19.4 Å². The van der Waals surface area contributed by atoms with Crippen molar-refractivity contribution in [2.24, 2.45) is 0 Å². The van der Waals surface area contributed by atoms with Crippen molar-refractivity contribution in [2.75, 3.05) is 13.2 Å². The Labute approximate surface area is 490 Å². The maximum absolute atomic E-state index is 13.4. The topological polar surface area (TPSA) is 175 Å². The number of amides is 1. The third-order valence-corrected chi connectivity index (χ3v) is 15.7. The molecule has 0 bridgehead atoms. The van der Waals surface area contributed by atoms with E-state index in [0.717, 1.165) is 70.6 Å². The van der Waals surface area contributed by atoms with Crippen LogP contribution in [0.4, 0.5) is 0 Å². The lowest BCUT2D eigenvalue weighted by molar-refractivity contribution is -0.305. The molecule has 0 aromatic heterocycles. The summed E-state index contributed by atoms with van der Waals surface area (Å²) in [5.74, 6) is -1.21. The van der Waals surface area contributed by atoms with Gasteiger partial charge in [0, 0.05) is 6.42 Å². The molecule has 0 aromatic rings. The lowest BCUT2D eigenvalue weighted by Gasteiger charge is -2.41. The van der Waals surface area contributed by atoms with Gasteiger partial charge in [0.2, 0.25) is 5.91 Å². The SMILES string of the molecule is CC/C=C/C=C/C=C\CCCCCCC(O)C(=O)NC(COC1OC(CO)C(O)C(O)C1OC(=O)CCCCCCCCCCCCCCCCCCC/C=C/CCCCCCCC)C(O)/C=C/CCCCCCCCCCCC. The largest absolute Gasteiger partial charge is 0.454 e. The van der Waals surface area contributed by atoms with Crippen molar-refractivity contribution in [1.82, 2.24) is 5.32 Å². The highest BCUT2D eigenvalue weighted by molar-refractivity contribution is 5.80. The number of unbranched alkanes of at least 4 members (excludes halogenated alkanes) is 37. The quantitative estimate of drug-likeness (QED) is 0.0149. The van der Waals surface area contributed by atoms with Gasteiger partial charge < -0.3 is 45.1 Å². The molecule has 8 unspecified atom stereocenters. The molecule has 6 N–H and O–H groups in total. The molecule has 11 nitrogen and oxygen atoms in total. The second kappa shape index (κ2) is 56.8. The third-order valence-electron chi connectivity index (χ3n) is 15.7. The average Bonchev–Trinajstić information content (AvgIpc) is 3.46. The number of nitrogens with one attached hydrogen (secondary N) is 1. The zero-order valence-electron chi connectivity index (χ0n) is 51.7. The molecule has 1 heterocycles. The van der Waals surface area contributed by atoms with Crippen molar-refractivity contribution in [2.45, 2.75) is 352 Å². The second-order valence-corrected chi connectivity index (χ2v) is 23.2. The zero-order valence-corrected chi connectivity index (χ0v) is 51.7. The summed E-state index contributed by atoms with van der Waals surface area (Å²) in [6.45, 7) is 5.65. The number of esters is 1. The first kappa shape index (κ1) is 75.4. The summed E-state index contributed by atoms with van der Waals surface area (Å²) < 4.78 is 17.6. The van der Waals surface area contributed by atoms with Crippen molar-refractivity contribution < 1.29 is 49.3 Å². The van der Waals surface area contributed by atoms with E-state index in [1.807, 2.05) is 30.4 Å². The Morgan fingerprint density at radius 3 is 1.38 bits per heavy atom. The fraction of sp³-hybridized carbons (Fsp3) is 0.826. The van der Waals surface area contributed by atoms with Crippen LogP contribution in [0.15, 0.2) is 60.8 Å². The summed E-state index contributed by atoms with van der Waals surface area (Å²) >= 11 is 0. The number of carbonyl (C=O) groups is 2. The summed E-state index contributed by atoms with van der Waals surface area (Å²) in [7, 11) is 0. The molecule has 1 aliphatic rings. The maximum atomic E-state index is 13.4. The number of rotatable bonds is 57. The van der Waals surface area contributed by atoms with Gasteiger partial charge in [-0.25, -0.2) is 0 Å². The normalized spacial score (nSPS) is 19.1. The van der Waals surface area contributed by atoms with E-state index in [0.29, 0.717) is 12.8 Å². The molecule has 11 heteroatoms. The number of carbonyl (C=O) groups excluding carboxylic acids is 2. The molecule has 466 valence electrons. The van der Waals surface area contributed by atoms with Crippen molar-refractivity contribution >= 4 is 11.9 Å². The van der Waals surface area contributed by atoms with Gasteiger partial charge in [0.15, 0.2) is 12.4 Å². The molecule has 8 atom stereocenters. The van der Waals surface area contributed by atoms with Gasteiger partial charge in [-0.15, -0.1) is 0 Å². The first-order valence-electron chi connectivity index (χ1n) is 33.6. The summed E-state index contributed by atoms with van der Waals surface area (Å²) in [6.07, 6.45) is 61.4. The van der Waals surface area contributed by atoms with E-state index in [9.17, 15) is 35.1 Å². The van der Waals surface area contributed by atoms with Gasteiger partial charge >= 0.3 is 5.97 Å². The van der Waals surface area contributed by atoms with Crippen LogP contribution < -0.4 is 5.32 Å². The second-order valence-electron chi connectivity index (χ2n) is 23.2. The van der Waals surface area contributed by atoms with Crippen molar-refractivity contribution in [3.63, 3.8) is 0 Å². The Bertz CT molecular complexity index is 1530. The standard InChI is InChI=1S/C69H125NO10/c1-4-7-10-13-16-19-22-25-26-27-28-29-30-31-32-33-34-35-36-37-38-39-42-45-48-51-54-57-64(74)80-67-66(76)65(75)63(58-71)79-69(67)78-59-60(61(72)55-52-49-46-43-40-23-20-17-14-11-8-5-2)70-68(77)62(73)56-53-50-47-44-41-24-21-18-15-12-9-6-3/h9,12,15,18,21,24-26,52,55,60-63,65-67,69,71-73,75-76H,4-8,10-11,13-14,16-17,19-20,22-23,27-51,53-54,56-59H2,1-3H3,(H,70,77)/b12-9+,18-15+,24-21-,26-25+,55-52+. The molecule has 0 aromatic carbocycles. The van der Waals surface area contributed by atoms with Gasteiger partial charge in [0.05, 0.1) is 25.4 Å². The Kier molecular flexibility index (Phi) is 53.5. The summed E-state index contributed by atoms with van der Waals surface area (Å²) in [5, 5.41) is 57.0. The van der Waals surface area contributed by atoms with E-state index >= 15 is 0 Å². The van der Waals surface area contributed by atoms with Gasteiger partial charge in [0.1, 0.15) is 24.4 Å². The smallest absolute Gasteiger partial charge is 0.306 e. The van der Waals surface area contributed by atoms with Gasteiger partial charge in [-0.05, 0) is 70.6 Å². The maximum Gasteiger partial charge on any atom is 0.306 e. The van der Waals surface area contributed by atoms with Gasteiger partial charge in [-0.1, -0.05) is 287 Å². The monoisotopic (exact) mass is 1130 g/mol. The van der Waals surface area contributed by atoms with Crippen LogP contribution in [0, 0.1) is 0 Å². The molecule has 1 aliphatic heterocycles. The molecule has 1 amide bonds. The molecule has 0 spiro atoms. The number of aliphatic hydroxyl groups excluding tert-OH is 5. The molecule has 0 radical (unpaired) electrons. The molecule has 1 saturated heterocycles. The first-order chi connectivity index (χ1) is 39.2. The molecule has 0 aliphatic carbocycles. The number of ether oxygens (including phenoxy) is 3. The Morgan fingerprint density at radius 1 is 0.500 bits per heavy atom. The van der Waals surface area contributed by atoms with Crippen LogP contribution in [0.5, 0.6) is 0 Å². The minimum absolute atomic E-state index is 0.122. The van der Waals surface area contributed by atoms with Crippen LogP contribution in [0.25, 0.3) is 0 Å². The molecule has 80 heavy (non-hydrogen) atoms.